The van der Waals surface area contributed by atoms with Gasteiger partial charge < -0.3 is 4.42 Å². The summed E-state index contributed by atoms with van der Waals surface area (Å²) in [5.41, 5.74) is 4.69. The van der Waals surface area contributed by atoms with Crippen LogP contribution in [-0.4, -0.2) is 10.9 Å². The molecular formula is C13H15N3O2S. The molecule has 0 aliphatic rings. The first kappa shape index (κ1) is 13.6. The van der Waals surface area contributed by atoms with Gasteiger partial charge >= 0.3 is 0 Å². The van der Waals surface area contributed by atoms with Crippen molar-refractivity contribution in [1.82, 2.24) is 10.4 Å². The molecule has 2 aromatic rings. The number of nitrogens with zero attached hydrogens (tertiary/aromatic N) is 1. The van der Waals surface area contributed by atoms with Crippen LogP contribution in [0.1, 0.15) is 27.4 Å². The van der Waals surface area contributed by atoms with E-state index in [9.17, 15) is 4.79 Å². The Balaban J connectivity index is 2.10. The molecule has 5 nitrogen and oxygen atoms in total. The highest BCUT2D eigenvalue weighted by atomic mass is 32.2. The zero-order chi connectivity index (χ0) is 13.8. The molecule has 0 radical (unpaired) electrons. The Hall–Kier alpha value is -1.79. The lowest BCUT2D eigenvalue weighted by Gasteiger charge is -2.04. The molecule has 0 aromatic carbocycles. The van der Waals surface area contributed by atoms with Gasteiger partial charge in [0.05, 0.1) is 22.6 Å². The molecule has 0 unspecified atom stereocenters. The van der Waals surface area contributed by atoms with Crippen molar-refractivity contribution in [3.63, 3.8) is 0 Å². The number of thioether (sulfide) groups is 1. The normalized spacial score (nSPS) is 10.5. The summed E-state index contributed by atoms with van der Waals surface area (Å²) in [6, 6.07) is 5.63. The van der Waals surface area contributed by atoms with Crippen LogP contribution in [0, 0.1) is 13.8 Å². The largest absolute Gasteiger partial charge is 0.468 e. The highest BCUT2D eigenvalue weighted by Crippen LogP contribution is 2.24. The van der Waals surface area contributed by atoms with E-state index in [2.05, 4.69) is 10.4 Å². The zero-order valence-corrected chi connectivity index (χ0v) is 11.6. The van der Waals surface area contributed by atoms with Crippen LogP contribution in [0.4, 0.5) is 0 Å². The molecule has 1 amide bonds. The molecule has 0 aliphatic carbocycles. The number of nitrogens with two attached hydrogens (primary N) is 1. The molecule has 0 atom stereocenters. The number of carbonyl (C=O) groups is 1. The summed E-state index contributed by atoms with van der Waals surface area (Å²) in [6.07, 6.45) is 1.48. The van der Waals surface area contributed by atoms with Crippen molar-refractivity contribution < 1.29 is 9.21 Å². The van der Waals surface area contributed by atoms with E-state index in [1.807, 2.05) is 26.0 Å². The summed E-state index contributed by atoms with van der Waals surface area (Å²) >= 11 is 1.52. The van der Waals surface area contributed by atoms with E-state index in [1.165, 1.54) is 18.0 Å². The van der Waals surface area contributed by atoms with Crippen LogP contribution in [0.3, 0.4) is 0 Å². The maximum absolute atomic E-state index is 11.5. The van der Waals surface area contributed by atoms with Gasteiger partial charge in [-0.1, -0.05) is 11.8 Å². The van der Waals surface area contributed by atoms with Crippen molar-refractivity contribution in [2.24, 2.45) is 5.84 Å². The van der Waals surface area contributed by atoms with Crippen LogP contribution in [0.5, 0.6) is 0 Å². The van der Waals surface area contributed by atoms with Gasteiger partial charge in [-0.15, -0.1) is 0 Å². The van der Waals surface area contributed by atoms with Crippen molar-refractivity contribution in [2.75, 3.05) is 0 Å². The molecule has 19 heavy (non-hydrogen) atoms. The molecule has 0 bridgehead atoms. The van der Waals surface area contributed by atoms with Gasteiger partial charge in [-0.3, -0.25) is 10.2 Å². The summed E-state index contributed by atoms with van der Waals surface area (Å²) in [5.74, 6) is 5.89. The Morgan fingerprint density at radius 2 is 2.26 bits per heavy atom. The van der Waals surface area contributed by atoms with Gasteiger partial charge in [0, 0.05) is 5.69 Å². The third kappa shape index (κ3) is 3.36. The first-order valence-electron chi connectivity index (χ1n) is 5.75. The van der Waals surface area contributed by atoms with Crippen LogP contribution in [0.15, 0.2) is 33.9 Å². The minimum Gasteiger partial charge on any atom is -0.468 e. The number of hydrogen-bond donors (Lipinski definition) is 2. The minimum atomic E-state index is -0.349. The number of nitrogens with one attached hydrogen (secondary N) is 1. The topological polar surface area (TPSA) is 81.2 Å². The van der Waals surface area contributed by atoms with Crippen molar-refractivity contribution in [3.05, 3.63) is 47.0 Å². The van der Waals surface area contributed by atoms with Gasteiger partial charge in [0.25, 0.3) is 5.91 Å². The van der Waals surface area contributed by atoms with Crippen molar-refractivity contribution >= 4 is 17.7 Å². The lowest BCUT2D eigenvalue weighted by Crippen LogP contribution is -2.30. The van der Waals surface area contributed by atoms with E-state index >= 15 is 0 Å². The number of hydrazine groups is 1. The van der Waals surface area contributed by atoms with E-state index in [0.717, 1.165) is 16.3 Å². The summed E-state index contributed by atoms with van der Waals surface area (Å²) in [7, 11) is 0. The van der Waals surface area contributed by atoms with Crippen molar-refractivity contribution in [2.45, 2.75) is 24.6 Å². The van der Waals surface area contributed by atoms with Gasteiger partial charge in [0.1, 0.15) is 5.76 Å². The molecule has 2 rings (SSSR count). The van der Waals surface area contributed by atoms with Crippen molar-refractivity contribution in [3.8, 4) is 0 Å². The lowest BCUT2D eigenvalue weighted by molar-refractivity contribution is 0.0952. The van der Waals surface area contributed by atoms with E-state index in [4.69, 9.17) is 10.3 Å². The van der Waals surface area contributed by atoms with Gasteiger partial charge in [0.15, 0.2) is 0 Å². The average Bonchev–Trinajstić information content (AvgIpc) is 2.82. The van der Waals surface area contributed by atoms with E-state index < -0.39 is 0 Å². The minimum absolute atomic E-state index is 0.349. The quantitative estimate of drug-likeness (QED) is 0.387. The molecule has 2 aromatic heterocycles. The fourth-order valence-corrected chi connectivity index (χ4v) is 2.73. The second-order valence-corrected chi connectivity index (χ2v) is 5.14. The standard InChI is InChI=1S/C13H15N3O2S/c1-8-5-9(2)15-12(6-8)19-7-11-10(3-4-18-11)13(17)16-14/h3-6H,7,14H2,1-2H3,(H,16,17). The lowest BCUT2D eigenvalue weighted by atomic mass is 10.2. The maximum Gasteiger partial charge on any atom is 0.268 e. The number of aryl methyl sites for hydroxylation is 2. The van der Waals surface area contributed by atoms with Gasteiger partial charge in [-0.2, -0.15) is 0 Å². The van der Waals surface area contributed by atoms with E-state index in [1.54, 1.807) is 6.07 Å². The van der Waals surface area contributed by atoms with Crippen LogP contribution in [0.25, 0.3) is 0 Å². The molecule has 0 saturated carbocycles. The monoisotopic (exact) mass is 277 g/mol. The molecule has 0 saturated heterocycles. The summed E-state index contributed by atoms with van der Waals surface area (Å²) in [6.45, 7) is 3.98. The number of amides is 1. The second-order valence-electron chi connectivity index (χ2n) is 4.14. The smallest absolute Gasteiger partial charge is 0.268 e. The fourth-order valence-electron chi connectivity index (χ4n) is 1.75. The van der Waals surface area contributed by atoms with E-state index in [-0.39, 0.29) is 5.91 Å². The van der Waals surface area contributed by atoms with Crippen LogP contribution >= 0.6 is 11.8 Å². The van der Waals surface area contributed by atoms with Gasteiger partial charge in [-0.25, -0.2) is 10.8 Å². The molecular weight excluding hydrogens is 262 g/mol. The summed E-state index contributed by atoms with van der Waals surface area (Å²) < 4.78 is 5.30. The SMILES string of the molecule is Cc1cc(C)nc(SCc2occc2C(=O)NN)c1. The van der Waals surface area contributed by atoms with Gasteiger partial charge in [0.2, 0.25) is 0 Å². The first-order chi connectivity index (χ1) is 9.10. The van der Waals surface area contributed by atoms with Gasteiger partial charge in [-0.05, 0) is 37.6 Å². The van der Waals surface area contributed by atoms with Crippen LogP contribution in [-0.2, 0) is 5.75 Å². The van der Waals surface area contributed by atoms with Crippen molar-refractivity contribution in [1.29, 1.82) is 0 Å². The molecule has 0 aliphatic heterocycles. The third-order valence-corrected chi connectivity index (χ3v) is 3.46. The molecule has 3 N–H and O–H groups in total. The number of aromatic nitrogens is 1. The Morgan fingerprint density at radius 3 is 2.95 bits per heavy atom. The number of rotatable bonds is 4. The zero-order valence-electron chi connectivity index (χ0n) is 10.8. The molecule has 2 heterocycles. The molecule has 0 spiro atoms. The number of carbonyl (C=O) groups excluding carboxylic acids is 1. The Kier molecular flexibility index (Phi) is 4.24. The maximum atomic E-state index is 11.5. The van der Waals surface area contributed by atoms with Crippen LogP contribution in [0.2, 0.25) is 0 Å². The van der Waals surface area contributed by atoms with E-state index in [0.29, 0.717) is 17.1 Å². The Bertz CT molecular complexity index is 575. The number of hydrogen-bond acceptors (Lipinski definition) is 5. The highest BCUT2D eigenvalue weighted by Gasteiger charge is 2.14. The highest BCUT2D eigenvalue weighted by molar-refractivity contribution is 7.98. The number of pyridine rings is 1. The summed E-state index contributed by atoms with van der Waals surface area (Å²) in [5, 5.41) is 0.910. The Morgan fingerprint density at radius 1 is 1.47 bits per heavy atom. The predicted molar refractivity (Wildman–Crippen MR) is 73.6 cm³/mol. The molecule has 0 fully saturated rings. The molecule has 100 valence electrons. The third-order valence-electron chi connectivity index (χ3n) is 2.55. The second kappa shape index (κ2) is 5.90. The fraction of sp³-hybridized carbons (Fsp3) is 0.231. The first-order valence-corrected chi connectivity index (χ1v) is 6.74. The van der Waals surface area contributed by atoms with Crippen LogP contribution < -0.4 is 11.3 Å². The predicted octanol–water partition coefficient (Wildman–Crippen LogP) is 2.19. The number of nitrogen functional groups attached to an aromatic ring is 1. The Labute approximate surface area is 115 Å². The average molecular weight is 277 g/mol. The molecule has 6 heteroatoms. The number of furan rings is 1. The summed E-state index contributed by atoms with van der Waals surface area (Å²) in [4.78, 5) is 15.9.